The van der Waals surface area contributed by atoms with Crippen LogP contribution >= 0.6 is 11.6 Å². The van der Waals surface area contributed by atoms with Gasteiger partial charge in [0, 0.05) is 45.3 Å². The molecule has 0 radical (unpaired) electrons. The molecule has 1 aromatic carbocycles. The lowest BCUT2D eigenvalue weighted by molar-refractivity contribution is 0.138. The van der Waals surface area contributed by atoms with Crippen LogP contribution in [0.15, 0.2) is 24.3 Å². The second-order valence-electron chi connectivity index (χ2n) is 4.79. The van der Waals surface area contributed by atoms with Crippen molar-refractivity contribution in [3.05, 3.63) is 29.3 Å². The van der Waals surface area contributed by atoms with Gasteiger partial charge in [-0.1, -0.05) is 23.7 Å². The Morgan fingerprint density at radius 3 is 2.35 bits per heavy atom. The third-order valence-electron chi connectivity index (χ3n) is 3.78. The molecule has 4 heteroatoms. The van der Waals surface area contributed by atoms with Crippen molar-refractivity contribution < 1.29 is 0 Å². The van der Waals surface area contributed by atoms with Gasteiger partial charge in [-0.05, 0) is 12.1 Å². The fourth-order valence-corrected chi connectivity index (χ4v) is 2.82. The van der Waals surface area contributed by atoms with Crippen LogP contribution in [0.2, 0.25) is 5.02 Å². The molecule has 0 spiro atoms. The Kier molecular flexibility index (Phi) is 3.23. The molecule has 3 rings (SSSR count). The third-order valence-corrected chi connectivity index (χ3v) is 4.10. The Labute approximate surface area is 107 Å². The molecule has 0 aromatic heterocycles. The van der Waals surface area contributed by atoms with E-state index in [9.17, 15) is 0 Å². The van der Waals surface area contributed by atoms with Gasteiger partial charge in [-0.3, -0.25) is 4.90 Å². The van der Waals surface area contributed by atoms with Gasteiger partial charge in [0.2, 0.25) is 0 Å². The van der Waals surface area contributed by atoms with Crippen molar-refractivity contribution in [2.45, 2.75) is 6.04 Å². The summed E-state index contributed by atoms with van der Waals surface area (Å²) in [6.45, 7) is 6.79. The van der Waals surface area contributed by atoms with Crippen LogP contribution < -0.4 is 10.2 Å². The van der Waals surface area contributed by atoms with Crippen molar-refractivity contribution in [3.8, 4) is 0 Å². The number of nitrogens with zero attached hydrogens (tertiary/aromatic N) is 2. The van der Waals surface area contributed by atoms with Crippen LogP contribution in [0.4, 0.5) is 5.69 Å². The summed E-state index contributed by atoms with van der Waals surface area (Å²) in [7, 11) is 0. The Balaban J connectivity index is 1.63. The third kappa shape index (κ3) is 2.28. The van der Waals surface area contributed by atoms with E-state index in [0.717, 1.165) is 50.3 Å². The summed E-state index contributed by atoms with van der Waals surface area (Å²) in [5.74, 6) is 0. The zero-order chi connectivity index (χ0) is 11.7. The van der Waals surface area contributed by atoms with Gasteiger partial charge in [0.05, 0.1) is 10.7 Å². The molecule has 92 valence electrons. The van der Waals surface area contributed by atoms with Crippen LogP contribution in [-0.4, -0.2) is 50.2 Å². The number of hydrogen-bond acceptors (Lipinski definition) is 3. The number of para-hydroxylation sites is 1. The lowest BCUT2D eigenvalue weighted by Crippen LogP contribution is -2.61. The standard InChI is InChI=1S/C13H18ClN3/c14-12-3-1-2-4-13(12)17-7-5-16(6-8-17)11-9-15-10-11/h1-4,11,15H,5-10H2. The Bertz CT molecular complexity index is 384. The maximum atomic E-state index is 6.23. The maximum absolute atomic E-state index is 6.23. The summed E-state index contributed by atoms with van der Waals surface area (Å²) in [5.41, 5.74) is 1.18. The number of anilines is 1. The molecule has 0 bridgehead atoms. The highest BCUT2D eigenvalue weighted by molar-refractivity contribution is 6.33. The van der Waals surface area contributed by atoms with E-state index in [-0.39, 0.29) is 0 Å². The first-order valence-electron chi connectivity index (χ1n) is 6.29. The Morgan fingerprint density at radius 1 is 1.06 bits per heavy atom. The van der Waals surface area contributed by atoms with Crippen LogP contribution in [0.5, 0.6) is 0 Å². The average Bonchev–Trinajstić information content (AvgIpc) is 2.29. The van der Waals surface area contributed by atoms with Crippen LogP contribution in [0.1, 0.15) is 0 Å². The van der Waals surface area contributed by atoms with Gasteiger partial charge in [-0.2, -0.15) is 0 Å². The van der Waals surface area contributed by atoms with Crippen molar-refractivity contribution >= 4 is 17.3 Å². The van der Waals surface area contributed by atoms with E-state index >= 15 is 0 Å². The molecular formula is C13H18ClN3. The largest absolute Gasteiger partial charge is 0.368 e. The molecule has 3 nitrogen and oxygen atoms in total. The van der Waals surface area contributed by atoms with Gasteiger partial charge in [0.15, 0.2) is 0 Å². The van der Waals surface area contributed by atoms with E-state index in [2.05, 4.69) is 27.2 Å². The van der Waals surface area contributed by atoms with Gasteiger partial charge in [-0.15, -0.1) is 0 Å². The molecule has 0 atom stereocenters. The number of hydrogen-bond donors (Lipinski definition) is 1. The topological polar surface area (TPSA) is 18.5 Å². The fourth-order valence-electron chi connectivity index (χ4n) is 2.57. The number of halogens is 1. The van der Waals surface area contributed by atoms with E-state index in [0.29, 0.717) is 0 Å². The first-order chi connectivity index (χ1) is 8.34. The van der Waals surface area contributed by atoms with E-state index in [1.165, 1.54) is 5.69 Å². The predicted molar refractivity (Wildman–Crippen MR) is 71.9 cm³/mol. The molecule has 2 aliphatic rings. The first-order valence-corrected chi connectivity index (χ1v) is 6.66. The highest BCUT2D eigenvalue weighted by Crippen LogP contribution is 2.26. The molecule has 2 saturated heterocycles. The van der Waals surface area contributed by atoms with E-state index in [1.54, 1.807) is 0 Å². The maximum Gasteiger partial charge on any atom is 0.0639 e. The molecule has 1 aromatic rings. The molecule has 17 heavy (non-hydrogen) atoms. The van der Waals surface area contributed by atoms with Crippen molar-refractivity contribution in [3.63, 3.8) is 0 Å². The van der Waals surface area contributed by atoms with E-state index in [1.807, 2.05) is 12.1 Å². The normalized spacial score (nSPS) is 22.5. The molecule has 2 fully saturated rings. The molecule has 0 amide bonds. The van der Waals surface area contributed by atoms with Crippen LogP contribution in [0, 0.1) is 0 Å². The molecule has 1 N–H and O–H groups in total. The van der Waals surface area contributed by atoms with Crippen LogP contribution in [0.3, 0.4) is 0 Å². The van der Waals surface area contributed by atoms with Crippen molar-refractivity contribution in [2.24, 2.45) is 0 Å². The van der Waals surface area contributed by atoms with E-state index < -0.39 is 0 Å². The van der Waals surface area contributed by atoms with Gasteiger partial charge in [-0.25, -0.2) is 0 Å². The molecule has 0 saturated carbocycles. The second-order valence-corrected chi connectivity index (χ2v) is 5.19. The minimum absolute atomic E-state index is 0.767. The van der Waals surface area contributed by atoms with Crippen molar-refractivity contribution in [2.75, 3.05) is 44.2 Å². The molecule has 0 unspecified atom stereocenters. The van der Waals surface area contributed by atoms with Gasteiger partial charge in [0.1, 0.15) is 0 Å². The molecule has 0 aliphatic carbocycles. The lowest BCUT2D eigenvalue weighted by atomic mass is 10.1. The van der Waals surface area contributed by atoms with Gasteiger partial charge < -0.3 is 10.2 Å². The highest BCUT2D eigenvalue weighted by Gasteiger charge is 2.27. The average molecular weight is 252 g/mol. The Hall–Kier alpha value is -0.770. The van der Waals surface area contributed by atoms with Gasteiger partial charge >= 0.3 is 0 Å². The molecule has 2 heterocycles. The SMILES string of the molecule is Clc1ccccc1N1CCN(C2CNC2)CC1. The molecule has 2 aliphatic heterocycles. The predicted octanol–water partition coefficient (Wildman–Crippen LogP) is 1.43. The monoisotopic (exact) mass is 251 g/mol. The number of piperazine rings is 1. The minimum atomic E-state index is 0.767. The quantitative estimate of drug-likeness (QED) is 0.858. The summed E-state index contributed by atoms with van der Waals surface area (Å²) in [4.78, 5) is 4.98. The summed E-state index contributed by atoms with van der Waals surface area (Å²) in [5, 5.41) is 4.20. The molecular weight excluding hydrogens is 234 g/mol. The summed E-state index contributed by atoms with van der Waals surface area (Å²) in [6, 6.07) is 8.90. The minimum Gasteiger partial charge on any atom is -0.368 e. The van der Waals surface area contributed by atoms with Crippen molar-refractivity contribution in [1.29, 1.82) is 0 Å². The number of benzene rings is 1. The van der Waals surface area contributed by atoms with E-state index in [4.69, 9.17) is 11.6 Å². The zero-order valence-corrected chi connectivity index (χ0v) is 10.7. The zero-order valence-electron chi connectivity index (χ0n) is 9.90. The first kappa shape index (κ1) is 11.3. The number of nitrogens with one attached hydrogen (secondary N) is 1. The fraction of sp³-hybridized carbons (Fsp3) is 0.538. The highest BCUT2D eigenvalue weighted by atomic mass is 35.5. The van der Waals surface area contributed by atoms with Crippen LogP contribution in [-0.2, 0) is 0 Å². The summed E-state index contributed by atoms with van der Waals surface area (Å²) < 4.78 is 0. The summed E-state index contributed by atoms with van der Waals surface area (Å²) >= 11 is 6.23. The lowest BCUT2D eigenvalue weighted by Gasteiger charge is -2.44. The smallest absolute Gasteiger partial charge is 0.0639 e. The van der Waals surface area contributed by atoms with Crippen LogP contribution in [0.25, 0.3) is 0 Å². The Morgan fingerprint density at radius 2 is 1.76 bits per heavy atom. The summed E-state index contributed by atoms with van der Waals surface area (Å²) in [6.07, 6.45) is 0. The van der Waals surface area contributed by atoms with Gasteiger partial charge in [0.25, 0.3) is 0 Å². The van der Waals surface area contributed by atoms with Crippen molar-refractivity contribution in [1.82, 2.24) is 10.2 Å². The number of rotatable bonds is 2. The second kappa shape index (κ2) is 4.84.